The first kappa shape index (κ1) is 18.1. The summed E-state index contributed by atoms with van der Waals surface area (Å²) in [5, 5.41) is 2.75. The second-order valence-electron chi connectivity index (χ2n) is 8.38. The van der Waals surface area contributed by atoms with Gasteiger partial charge in [0.1, 0.15) is 0 Å². The molecule has 1 aliphatic carbocycles. The number of hydrogen-bond acceptors (Lipinski definition) is 0. The van der Waals surface area contributed by atoms with Gasteiger partial charge in [0, 0.05) is 0 Å². The normalized spacial score (nSPS) is 15.1. The second kappa shape index (κ2) is 6.70. The van der Waals surface area contributed by atoms with Crippen LogP contribution >= 0.6 is 0 Å². The maximum absolute atomic E-state index is 2.50. The molecule has 27 heavy (non-hydrogen) atoms. The summed E-state index contributed by atoms with van der Waals surface area (Å²) in [6.07, 6.45) is 2.50. The fraction of sp³-hybridized carbons (Fsp3) is 0.160. The summed E-state index contributed by atoms with van der Waals surface area (Å²) in [4.78, 5) is 1.61. The van der Waals surface area contributed by atoms with Crippen molar-refractivity contribution >= 4 is 34.4 Å². The molecular weight excluding hydrogens is 356 g/mol. The third kappa shape index (κ3) is 2.93. The van der Waals surface area contributed by atoms with Gasteiger partial charge >= 0.3 is 0 Å². The third-order valence-corrected chi connectivity index (χ3v) is 11.3. The zero-order chi connectivity index (χ0) is 19.1. The summed E-state index contributed by atoms with van der Waals surface area (Å²) in [7, 11) is 0.643. The Morgan fingerprint density at radius 3 is 1.70 bits per heavy atom. The molecule has 0 atom stereocenters. The Morgan fingerprint density at radius 2 is 1.19 bits per heavy atom. The molecular formula is C25H26Si2. The minimum atomic E-state index is -1.48. The topological polar surface area (TPSA) is 0 Å². The molecule has 0 aliphatic heterocycles. The van der Waals surface area contributed by atoms with Crippen LogP contribution in [0.5, 0.6) is 0 Å². The maximum Gasteiger partial charge on any atom is 0.0715 e. The quantitative estimate of drug-likeness (QED) is 0.608. The van der Waals surface area contributed by atoms with Gasteiger partial charge in [0.2, 0.25) is 0 Å². The molecule has 0 fully saturated rings. The van der Waals surface area contributed by atoms with E-state index >= 15 is 0 Å². The Hall–Kier alpha value is -2.30. The predicted molar refractivity (Wildman–Crippen MR) is 124 cm³/mol. The Kier molecular flexibility index (Phi) is 4.49. The minimum Gasteiger partial charge on any atom is -0.0794 e. The van der Waals surface area contributed by atoms with Crippen LogP contribution in [-0.2, 0) is 5.41 Å². The van der Waals surface area contributed by atoms with Gasteiger partial charge in [0.15, 0.2) is 0 Å². The molecule has 0 unspecified atom stereocenters. The van der Waals surface area contributed by atoms with E-state index in [9.17, 15) is 0 Å². The van der Waals surface area contributed by atoms with E-state index in [1.165, 1.54) is 27.1 Å². The standard InChI is InChI=1S/C25H26Si2/c1-27(2,3)24(26)23-22-17-11-10-12-19(22)18-25(23,20-13-6-4-7-14-20)21-15-8-5-9-16-21/h4-18H,26H2,1-3H3. The fourth-order valence-corrected chi connectivity index (χ4v) is 5.72. The highest BCUT2D eigenvalue weighted by atomic mass is 28.3. The molecule has 0 saturated carbocycles. The van der Waals surface area contributed by atoms with E-state index in [0.717, 1.165) is 0 Å². The van der Waals surface area contributed by atoms with Crippen LogP contribution in [0.3, 0.4) is 0 Å². The van der Waals surface area contributed by atoms with Crippen LogP contribution in [0.1, 0.15) is 11.1 Å². The van der Waals surface area contributed by atoms with Crippen LogP contribution in [0, 0.1) is 0 Å². The third-order valence-electron chi connectivity index (χ3n) is 5.66. The molecule has 134 valence electrons. The molecule has 2 heteroatoms. The molecule has 0 N–H and O–H groups in total. The molecule has 1 aliphatic rings. The Balaban J connectivity index is 2.17. The van der Waals surface area contributed by atoms with E-state index in [1.807, 2.05) is 0 Å². The molecule has 0 radical (unpaired) electrons. The van der Waals surface area contributed by atoms with Gasteiger partial charge in [-0.15, -0.1) is 0 Å². The molecule has 0 bridgehead atoms. The maximum atomic E-state index is 2.50. The molecule has 0 spiro atoms. The predicted octanol–water partition coefficient (Wildman–Crippen LogP) is 3.30. The van der Waals surface area contributed by atoms with E-state index in [0.29, 0.717) is 0 Å². The van der Waals surface area contributed by atoms with Crippen LogP contribution in [0.4, 0.5) is 0 Å². The fourth-order valence-electron chi connectivity index (χ4n) is 4.17. The summed E-state index contributed by atoms with van der Waals surface area (Å²) in [6, 6.07) is 31.0. The van der Waals surface area contributed by atoms with Crippen LogP contribution in [0.25, 0.3) is 11.6 Å². The van der Waals surface area contributed by atoms with Gasteiger partial charge in [-0.1, -0.05) is 115 Å². The van der Waals surface area contributed by atoms with E-state index in [4.69, 9.17) is 0 Å². The highest BCUT2D eigenvalue weighted by molar-refractivity contribution is 7.16. The SMILES string of the molecule is C[Si](C)(C)C(=[SiH2])C1=c2ccccc2=CC1(c1ccccc1)c1ccccc1. The van der Waals surface area contributed by atoms with E-state index in [1.54, 1.807) is 4.79 Å². The minimum absolute atomic E-state index is 0.219. The Labute approximate surface area is 166 Å². The summed E-state index contributed by atoms with van der Waals surface area (Å²) >= 11 is 0. The zero-order valence-corrected chi connectivity index (χ0v) is 18.8. The van der Waals surface area contributed by atoms with E-state index in [-0.39, 0.29) is 5.41 Å². The lowest BCUT2D eigenvalue weighted by Gasteiger charge is -2.37. The smallest absolute Gasteiger partial charge is 0.0715 e. The van der Waals surface area contributed by atoms with Crippen LogP contribution in [-0.4, -0.2) is 22.7 Å². The molecule has 0 amide bonds. The first-order chi connectivity index (χ1) is 12.9. The highest BCUT2D eigenvalue weighted by Crippen LogP contribution is 2.44. The van der Waals surface area contributed by atoms with Crippen LogP contribution < -0.4 is 10.4 Å². The van der Waals surface area contributed by atoms with E-state index in [2.05, 4.69) is 121 Å². The van der Waals surface area contributed by atoms with Gasteiger partial charge in [-0.25, -0.2) is 0 Å². The molecule has 3 aromatic carbocycles. The summed E-state index contributed by atoms with van der Waals surface area (Å²) in [6.45, 7) is 7.39. The van der Waals surface area contributed by atoms with Crippen molar-refractivity contribution in [3.8, 4) is 0 Å². The summed E-state index contributed by atoms with van der Waals surface area (Å²) in [5.74, 6) is 0. The average molecular weight is 383 g/mol. The molecule has 0 saturated heterocycles. The first-order valence-corrected chi connectivity index (χ1v) is 13.8. The van der Waals surface area contributed by atoms with Gasteiger partial charge in [-0.2, -0.15) is 0 Å². The zero-order valence-electron chi connectivity index (χ0n) is 16.4. The van der Waals surface area contributed by atoms with Crippen molar-refractivity contribution in [1.82, 2.24) is 0 Å². The van der Waals surface area contributed by atoms with Crippen molar-refractivity contribution in [3.63, 3.8) is 0 Å². The number of rotatable bonds is 4. The largest absolute Gasteiger partial charge is 0.0794 e. The van der Waals surface area contributed by atoms with Crippen molar-refractivity contribution in [1.29, 1.82) is 0 Å². The monoisotopic (exact) mass is 382 g/mol. The average Bonchev–Trinajstić information content (AvgIpc) is 3.04. The van der Waals surface area contributed by atoms with Gasteiger partial charge < -0.3 is 0 Å². The van der Waals surface area contributed by atoms with Crippen molar-refractivity contribution in [2.24, 2.45) is 0 Å². The van der Waals surface area contributed by atoms with Crippen molar-refractivity contribution in [2.75, 3.05) is 0 Å². The summed E-state index contributed by atoms with van der Waals surface area (Å²) < 4.78 is 0. The Bertz CT molecular complexity index is 1060. The second-order valence-corrected chi connectivity index (χ2v) is 14.9. The van der Waals surface area contributed by atoms with Gasteiger partial charge in [-0.3, -0.25) is 0 Å². The molecule has 0 heterocycles. The van der Waals surface area contributed by atoms with Gasteiger partial charge in [-0.05, 0) is 37.0 Å². The number of hydrogen-bond donors (Lipinski definition) is 0. The van der Waals surface area contributed by atoms with Crippen molar-refractivity contribution < 1.29 is 0 Å². The summed E-state index contributed by atoms with van der Waals surface area (Å²) in [5.41, 5.74) is 3.99. The lowest BCUT2D eigenvalue weighted by Crippen LogP contribution is -2.43. The lowest BCUT2D eigenvalue weighted by atomic mass is 9.71. The first-order valence-electron chi connectivity index (χ1n) is 9.58. The van der Waals surface area contributed by atoms with Crippen molar-refractivity contribution in [2.45, 2.75) is 25.1 Å². The van der Waals surface area contributed by atoms with Gasteiger partial charge in [0.25, 0.3) is 0 Å². The number of benzene rings is 3. The molecule has 3 aromatic rings. The van der Waals surface area contributed by atoms with Crippen LogP contribution in [0.15, 0.2) is 84.9 Å². The molecule has 0 nitrogen and oxygen atoms in total. The molecule has 0 aromatic heterocycles. The highest BCUT2D eigenvalue weighted by Gasteiger charge is 2.42. The molecule has 4 rings (SSSR count). The van der Waals surface area contributed by atoms with Crippen molar-refractivity contribution in [3.05, 3.63) is 106 Å². The Morgan fingerprint density at radius 1 is 0.704 bits per heavy atom. The van der Waals surface area contributed by atoms with E-state index < -0.39 is 8.07 Å². The lowest BCUT2D eigenvalue weighted by molar-refractivity contribution is 0.908. The van der Waals surface area contributed by atoms with Crippen LogP contribution in [0.2, 0.25) is 19.6 Å². The number of fused-ring (bicyclic) bond motifs is 1. The van der Waals surface area contributed by atoms with Gasteiger partial charge in [0.05, 0.1) is 13.5 Å².